The van der Waals surface area contributed by atoms with E-state index in [1.165, 1.54) is 30.5 Å². The van der Waals surface area contributed by atoms with Gasteiger partial charge in [0.15, 0.2) is 0 Å². The number of pyridine rings is 2. The summed E-state index contributed by atoms with van der Waals surface area (Å²) in [4.78, 5) is 33.9. The van der Waals surface area contributed by atoms with Gasteiger partial charge in [-0.15, -0.1) is 11.3 Å². The SMILES string of the molecule is C/C=C/c1ccc(-c2ccnc(C3=CC(C(=O)O)=CC(c4cc(C(=O)O)ccn4)N3)c2)s1. The highest BCUT2D eigenvalue weighted by Gasteiger charge is 2.23. The molecule has 1 aliphatic rings. The Morgan fingerprint density at radius 2 is 1.88 bits per heavy atom. The zero-order valence-electron chi connectivity index (χ0n) is 17.0. The number of thiophene rings is 1. The lowest BCUT2D eigenvalue weighted by atomic mass is 10.00. The lowest BCUT2D eigenvalue weighted by Crippen LogP contribution is -2.25. The Kier molecular flexibility index (Phi) is 5.96. The monoisotopic (exact) mass is 445 g/mol. The number of aromatic carboxylic acids is 1. The molecule has 1 aliphatic heterocycles. The van der Waals surface area contributed by atoms with Crippen LogP contribution in [0.1, 0.15) is 39.6 Å². The summed E-state index contributed by atoms with van der Waals surface area (Å²) in [5.74, 6) is -2.17. The largest absolute Gasteiger partial charge is 0.478 e. The summed E-state index contributed by atoms with van der Waals surface area (Å²) in [6.45, 7) is 1.97. The third-order valence-corrected chi connectivity index (χ3v) is 5.93. The molecule has 4 rings (SSSR count). The molecule has 0 bridgehead atoms. The van der Waals surface area contributed by atoms with Crippen LogP contribution in [0.2, 0.25) is 0 Å². The smallest absolute Gasteiger partial charge is 0.335 e. The number of dihydropyridines is 1. The van der Waals surface area contributed by atoms with Crippen LogP contribution < -0.4 is 5.32 Å². The molecular weight excluding hydrogens is 426 g/mol. The first-order valence-electron chi connectivity index (χ1n) is 9.76. The average Bonchev–Trinajstić information content (AvgIpc) is 3.28. The first kappa shape index (κ1) is 21.2. The highest BCUT2D eigenvalue weighted by Crippen LogP contribution is 2.31. The molecule has 1 atom stereocenters. The minimum absolute atomic E-state index is 0.0740. The van der Waals surface area contributed by atoms with Crippen LogP contribution >= 0.6 is 11.3 Å². The van der Waals surface area contributed by atoms with E-state index in [0.29, 0.717) is 17.1 Å². The third-order valence-electron chi connectivity index (χ3n) is 4.83. The van der Waals surface area contributed by atoms with Crippen LogP contribution in [0.4, 0.5) is 0 Å². The molecule has 0 saturated heterocycles. The Balaban J connectivity index is 1.70. The fraction of sp³-hybridized carbons (Fsp3) is 0.0833. The molecule has 8 heteroatoms. The van der Waals surface area contributed by atoms with Gasteiger partial charge in [-0.25, -0.2) is 9.59 Å². The molecule has 3 N–H and O–H groups in total. The molecule has 3 aromatic heterocycles. The molecule has 0 spiro atoms. The van der Waals surface area contributed by atoms with E-state index < -0.39 is 18.0 Å². The summed E-state index contributed by atoms with van der Waals surface area (Å²) in [7, 11) is 0. The Hall–Kier alpha value is -4.04. The maximum Gasteiger partial charge on any atom is 0.335 e. The Morgan fingerprint density at radius 3 is 2.62 bits per heavy atom. The number of rotatable bonds is 6. The summed E-state index contributed by atoms with van der Waals surface area (Å²) in [6.07, 6.45) is 10.1. The second-order valence-corrected chi connectivity index (χ2v) is 8.13. The van der Waals surface area contributed by atoms with E-state index in [0.717, 1.165) is 15.3 Å². The van der Waals surface area contributed by atoms with Gasteiger partial charge in [0, 0.05) is 22.1 Å². The van der Waals surface area contributed by atoms with Crippen LogP contribution in [0.3, 0.4) is 0 Å². The maximum atomic E-state index is 11.8. The van der Waals surface area contributed by atoms with Crippen LogP contribution in [0, 0.1) is 0 Å². The highest BCUT2D eigenvalue weighted by molar-refractivity contribution is 7.16. The quantitative estimate of drug-likeness (QED) is 0.507. The van der Waals surface area contributed by atoms with E-state index in [4.69, 9.17) is 0 Å². The van der Waals surface area contributed by atoms with E-state index in [9.17, 15) is 19.8 Å². The van der Waals surface area contributed by atoms with E-state index in [1.54, 1.807) is 17.5 Å². The van der Waals surface area contributed by atoms with Gasteiger partial charge >= 0.3 is 11.9 Å². The van der Waals surface area contributed by atoms with Crippen molar-refractivity contribution in [1.29, 1.82) is 0 Å². The number of hydrogen-bond donors (Lipinski definition) is 3. The zero-order chi connectivity index (χ0) is 22.7. The van der Waals surface area contributed by atoms with Crippen LogP contribution in [0.25, 0.3) is 22.2 Å². The fourth-order valence-corrected chi connectivity index (χ4v) is 4.29. The second kappa shape index (κ2) is 8.99. The number of carboxylic acids is 2. The number of allylic oxidation sites excluding steroid dienone is 1. The first-order valence-corrected chi connectivity index (χ1v) is 10.6. The number of hydrogen-bond acceptors (Lipinski definition) is 6. The van der Waals surface area contributed by atoms with Crippen molar-refractivity contribution in [2.45, 2.75) is 13.0 Å². The second-order valence-electron chi connectivity index (χ2n) is 7.01. The van der Waals surface area contributed by atoms with Gasteiger partial charge in [0.1, 0.15) is 0 Å². The predicted molar refractivity (Wildman–Crippen MR) is 123 cm³/mol. The first-order chi connectivity index (χ1) is 15.4. The lowest BCUT2D eigenvalue weighted by molar-refractivity contribution is -0.132. The van der Waals surface area contributed by atoms with Crippen molar-refractivity contribution in [2.24, 2.45) is 0 Å². The van der Waals surface area contributed by atoms with Gasteiger partial charge in [-0.3, -0.25) is 9.97 Å². The number of aliphatic carboxylic acids is 1. The fourth-order valence-electron chi connectivity index (χ4n) is 3.32. The van der Waals surface area contributed by atoms with Crippen LogP contribution in [-0.4, -0.2) is 32.1 Å². The molecule has 0 saturated carbocycles. The van der Waals surface area contributed by atoms with Crippen molar-refractivity contribution < 1.29 is 19.8 Å². The van der Waals surface area contributed by atoms with Gasteiger partial charge in [0.25, 0.3) is 0 Å². The number of nitrogens with zero attached hydrogens (tertiary/aromatic N) is 2. The maximum absolute atomic E-state index is 11.8. The van der Waals surface area contributed by atoms with E-state index >= 15 is 0 Å². The van der Waals surface area contributed by atoms with Crippen LogP contribution in [0.15, 0.2) is 72.6 Å². The van der Waals surface area contributed by atoms with E-state index in [1.807, 2.05) is 43.3 Å². The van der Waals surface area contributed by atoms with Gasteiger partial charge in [-0.1, -0.05) is 6.08 Å². The third kappa shape index (κ3) is 4.50. The number of nitrogens with one attached hydrogen (secondary N) is 1. The molecule has 3 aromatic rings. The Bertz CT molecular complexity index is 1290. The van der Waals surface area contributed by atoms with Crippen molar-refractivity contribution in [2.75, 3.05) is 0 Å². The molecule has 4 heterocycles. The Morgan fingerprint density at radius 1 is 1.06 bits per heavy atom. The molecular formula is C24H19N3O4S. The van der Waals surface area contributed by atoms with Gasteiger partial charge < -0.3 is 15.5 Å². The molecule has 1 unspecified atom stereocenters. The molecule has 7 nitrogen and oxygen atoms in total. The predicted octanol–water partition coefficient (Wildman–Crippen LogP) is 4.63. The molecule has 0 amide bonds. The van der Waals surface area contributed by atoms with Crippen molar-refractivity contribution in [3.05, 3.63) is 94.4 Å². The van der Waals surface area contributed by atoms with Crippen molar-refractivity contribution in [3.8, 4) is 10.4 Å². The molecule has 0 fully saturated rings. The summed E-state index contributed by atoms with van der Waals surface area (Å²) >= 11 is 1.65. The molecule has 160 valence electrons. The normalized spacial score (nSPS) is 15.7. The van der Waals surface area contributed by atoms with Gasteiger partial charge in [0.2, 0.25) is 0 Å². The Labute approximate surface area is 188 Å². The molecule has 32 heavy (non-hydrogen) atoms. The number of aromatic nitrogens is 2. The van der Waals surface area contributed by atoms with Crippen LogP contribution in [-0.2, 0) is 4.79 Å². The summed E-state index contributed by atoms with van der Waals surface area (Å²) < 4.78 is 0. The van der Waals surface area contributed by atoms with E-state index in [2.05, 4.69) is 15.3 Å². The standard InChI is InChI=1S/C24H19N3O4S/c1-2-3-17-4-5-22(32-17)14-6-8-25-18(10-14)20-12-16(24(30)31)13-21(27-20)19-11-15(23(28)29)7-9-26-19/h2-13,21,27H,1H3,(H,28,29)(H,30,31)/b3-2+. The summed E-state index contributed by atoms with van der Waals surface area (Å²) in [6, 6.07) is 10.1. The van der Waals surface area contributed by atoms with Crippen molar-refractivity contribution in [1.82, 2.24) is 15.3 Å². The van der Waals surface area contributed by atoms with Gasteiger partial charge in [0.05, 0.1) is 34.3 Å². The van der Waals surface area contributed by atoms with Crippen molar-refractivity contribution >= 4 is 35.0 Å². The minimum atomic E-state index is -1.09. The van der Waals surface area contributed by atoms with E-state index in [-0.39, 0.29) is 11.1 Å². The molecule has 0 radical (unpaired) electrons. The summed E-state index contributed by atoms with van der Waals surface area (Å²) in [5, 5.41) is 22.1. The van der Waals surface area contributed by atoms with Gasteiger partial charge in [-0.2, -0.15) is 0 Å². The molecule has 0 aromatic carbocycles. The van der Waals surface area contributed by atoms with Gasteiger partial charge in [-0.05, 0) is 67.1 Å². The summed E-state index contributed by atoms with van der Waals surface area (Å²) in [5.41, 5.74) is 2.62. The van der Waals surface area contributed by atoms with Crippen LogP contribution in [0.5, 0.6) is 0 Å². The van der Waals surface area contributed by atoms with Crippen molar-refractivity contribution in [3.63, 3.8) is 0 Å². The minimum Gasteiger partial charge on any atom is -0.478 e. The molecule has 0 aliphatic carbocycles. The average molecular weight is 446 g/mol. The topological polar surface area (TPSA) is 112 Å². The number of carbonyl (C=O) groups is 2. The zero-order valence-corrected chi connectivity index (χ0v) is 17.8. The lowest BCUT2D eigenvalue weighted by Gasteiger charge is -2.23. The number of carboxylic acid groups (broad SMARTS) is 2. The highest BCUT2D eigenvalue weighted by atomic mass is 32.1.